The molecule has 0 radical (unpaired) electrons. The van der Waals surface area contributed by atoms with Crippen LogP contribution in [-0.2, 0) is 6.98 Å². The number of pyridine rings is 1. The Hall–Kier alpha value is -3.00. The van der Waals surface area contributed by atoms with Crippen molar-refractivity contribution in [3.8, 4) is 34.1 Å². The van der Waals surface area contributed by atoms with Crippen LogP contribution in [0.25, 0.3) is 22.5 Å². The molecule has 2 aliphatic rings. The summed E-state index contributed by atoms with van der Waals surface area (Å²) in [6.07, 6.45) is 8.63. The van der Waals surface area contributed by atoms with Gasteiger partial charge in [-0.15, -0.1) is 10.2 Å². The maximum absolute atomic E-state index is 10.5. The minimum Gasteiger partial charge on any atom is -0.506 e. The van der Waals surface area contributed by atoms with E-state index >= 15 is 0 Å². The summed E-state index contributed by atoms with van der Waals surface area (Å²) in [5.41, 5.74) is 1.99. The highest BCUT2D eigenvalue weighted by Gasteiger charge is 2.51. The SMILES string of the molecule is [2H]C([2H])([2H])n1cc(-c2cnc(-c3ccc(OC4CC(C)(C)NC5(CC5)C4)nn3)c(O)c2)cn1. The first-order valence-electron chi connectivity index (χ1n) is 11.6. The fourth-order valence-electron chi connectivity index (χ4n) is 4.42. The molecule has 8 heteroatoms. The van der Waals surface area contributed by atoms with Gasteiger partial charge in [0, 0.05) is 64.6 Å². The zero-order valence-corrected chi connectivity index (χ0v) is 17.0. The number of nitrogens with zero attached hydrogens (tertiary/aromatic N) is 5. The van der Waals surface area contributed by atoms with Crippen LogP contribution in [0.2, 0.25) is 0 Å². The highest BCUT2D eigenvalue weighted by Crippen LogP contribution is 2.46. The molecule has 1 atom stereocenters. The fraction of sp³-hybridized carbons (Fsp3) is 0.455. The largest absolute Gasteiger partial charge is 0.506 e. The molecule has 3 aromatic rings. The van der Waals surface area contributed by atoms with Crippen LogP contribution in [0.5, 0.6) is 11.6 Å². The van der Waals surface area contributed by atoms with Crippen LogP contribution in [0.1, 0.15) is 43.6 Å². The molecule has 8 nitrogen and oxygen atoms in total. The van der Waals surface area contributed by atoms with Crippen molar-refractivity contribution in [2.24, 2.45) is 6.98 Å². The average molecular weight is 410 g/mol. The second kappa shape index (κ2) is 6.77. The maximum atomic E-state index is 10.5. The number of hydrogen-bond acceptors (Lipinski definition) is 7. The number of rotatable bonds is 4. The number of aromatic hydroxyl groups is 1. The lowest BCUT2D eigenvalue weighted by molar-refractivity contribution is 0.0737. The summed E-state index contributed by atoms with van der Waals surface area (Å²) < 4.78 is 29.3. The fourth-order valence-corrected chi connectivity index (χ4v) is 4.42. The van der Waals surface area contributed by atoms with E-state index < -0.39 is 6.98 Å². The van der Waals surface area contributed by atoms with Gasteiger partial charge in [0.25, 0.3) is 0 Å². The summed E-state index contributed by atoms with van der Waals surface area (Å²) in [6, 6.07) is 4.96. The topological polar surface area (TPSA) is 98.0 Å². The molecule has 0 aromatic carbocycles. The van der Waals surface area contributed by atoms with Gasteiger partial charge < -0.3 is 15.2 Å². The molecule has 1 saturated heterocycles. The molecule has 1 unspecified atom stereocenters. The number of aromatic nitrogens is 5. The normalized spacial score (nSPS) is 23.4. The van der Waals surface area contributed by atoms with Crippen molar-refractivity contribution in [1.82, 2.24) is 30.3 Å². The summed E-state index contributed by atoms with van der Waals surface area (Å²) in [5, 5.41) is 26.5. The molecule has 2 fully saturated rings. The van der Waals surface area contributed by atoms with Gasteiger partial charge in [-0.2, -0.15) is 5.10 Å². The van der Waals surface area contributed by atoms with Crippen molar-refractivity contribution in [3.63, 3.8) is 0 Å². The Labute approximate surface area is 179 Å². The summed E-state index contributed by atoms with van der Waals surface area (Å²) in [6.45, 7) is 2.03. The van der Waals surface area contributed by atoms with E-state index in [0.717, 1.165) is 17.5 Å². The zero-order valence-electron chi connectivity index (χ0n) is 20.0. The first-order chi connectivity index (χ1) is 15.5. The lowest BCUT2D eigenvalue weighted by atomic mass is 9.85. The van der Waals surface area contributed by atoms with Gasteiger partial charge in [0.15, 0.2) is 0 Å². The van der Waals surface area contributed by atoms with Gasteiger partial charge in [-0.05, 0) is 38.8 Å². The molecule has 30 heavy (non-hydrogen) atoms. The van der Waals surface area contributed by atoms with Crippen LogP contribution in [0.4, 0.5) is 0 Å². The van der Waals surface area contributed by atoms with Gasteiger partial charge in [0.2, 0.25) is 5.88 Å². The summed E-state index contributed by atoms with van der Waals surface area (Å²) in [7, 11) is 0. The average Bonchev–Trinajstić information content (AvgIpc) is 3.24. The third-order valence-corrected chi connectivity index (χ3v) is 5.77. The molecule has 3 aromatic heterocycles. The third-order valence-electron chi connectivity index (χ3n) is 5.77. The monoisotopic (exact) mass is 409 g/mol. The predicted octanol–water partition coefficient (Wildman–Crippen LogP) is 3.09. The van der Waals surface area contributed by atoms with Crippen molar-refractivity contribution >= 4 is 0 Å². The van der Waals surface area contributed by atoms with Gasteiger partial charge in [-0.1, -0.05) is 0 Å². The van der Waals surface area contributed by atoms with Crippen molar-refractivity contribution < 1.29 is 14.0 Å². The minimum atomic E-state index is -2.36. The Morgan fingerprint density at radius 2 is 2.07 bits per heavy atom. The molecule has 2 N–H and O–H groups in total. The van der Waals surface area contributed by atoms with E-state index in [0.29, 0.717) is 22.7 Å². The zero-order chi connectivity index (χ0) is 23.4. The molecule has 0 amide bonds. The maximum Gasteiger partial charge on any atom is 0.233 e. The summed E-state index contributed by atoms with van der Waals surface area (Å²) >= 11 is 0. The minimum absolute atomic E-state index is 0.0181. The Morgan fingerprint density at radius 1 is 1.20 bits per heavy atom. The summed E-state index contributed by atoms with van der Waals surface area (Å²) in [4.78, 5) is 4.31. The lowest BCUT2D eigenvalue weighted by Crippen LogP contribution is -2.56. The van der Waals surface area contributed by atoms with Gasteiger partial charge in [-0.3, -0.25) is 4.68 Å². The van der Waals surface area contributed by atoms with Crippen LogP contribution >= 0.6 is 0 Å². The van der Waals surface area contributed by atoms with Gasteiger partial charge >= 0.3 is 0 Å². The molecule has 1 aliphatic heterocycles. The molecule has 1 spiro atoms. The molecular formula is C22H26N6O2. The molecule has 0 bridgehead atoms. The third kappa shape index (κ3) is 3.75. The lowest BCUT2D eigenvalue weighted by Gasteiger charge is -2.41. The molecular weight excluding hydrogens is 380 g/mol. The second-order valence-electron chi connectivity index (χ2n) is 8.96. The van der Waals surface area contributed by atoms with E-state index in [1.165, 1.54) is 37.5 Å². The highest BCUT2D eigenvalue weighted by molar-refractivity contribution is 5.69. The van der Waals surface area contributed by atoms with Gasteiger partial charge in [0.1, 0.15) is 23.2 Å². The van der Waals surface area contributed by atoms with Crippen molar-refractivity contribution in [1.29, 1.82) is 0 Å². The molecule has 156 valence electrons. The van der Waals surface area contributed by atoms with Crippen molar-refractivity contribution in [3.05, 3.63) is 36.8 Å². The Kier molecular flexibility index (Phi) is 3.56. The van der Waals surface area contributed by atoms with Crippen molar-refractivity contribution in [2.75, 3.05) is 0 Å². The summed E-state index contributed by atoms with van der Waals surface area (Å²) in [5.74, 6) is 0.360. The van der Waals surface area contributed by atoms with E-state index in [4.69, 9.17) is 8.85 Å². The molecule has 1 saturated carbocycles. The number of piperidine rings is 1. The smallest absolute Gasteiger partial charge is 0.233 e. The number of aryl methyl sites for hydroxylation is 1. The van der Waals surface area contributed by atoms with E-state index in [9.17, 15) is 5.11 Å². The number of ether oxygens (including phenoxy) is 1. The second-order valence-corrected chi connectivity index (χ2v) is 8.96. The van der Waals surface area contributed by atoms with E-state index in [-0.39, 0.29) is 28.6 Å². The predicted molar refractivity (Wildman–Crippen MR) is 112 cm³/mol. The van der Waals surface area contributed by atoms with Gasteiger partial charge in [0.05, 0.1) is 6.20 Å². The number of hydrogen-bond donors (Lipinski definition) is 2. The van der Waals surface area contributed by atoms with Crippen LogP contribution in [0, 0.1) is 0 Å². The molecule has 5 rings (SSSR count). The van der Waals surface area contributed by atoms with Crippen LogP contribution in [0.3, 0.4) is 0 Å². The van der Waals surface area contributed by atoms with E-state index in [1.807, 2.05) is 0 Å². The first-order valence-corrected chi connectivity index (χ1v) is 10.1. The van der Waals surface area contributed by atoms with Crippen LogP contribution in [-0.4, -0.2) is 47.3 Å². The van der Waals surface area contributed by atoms with Crippen LogP contribution in [0.15, 0.2) is 36.8 Å². The highest BCUT2D eigenvalue weighted by atomic mass is 16.5. The van der Waals surface area contributed by atoms with E-state index in [1.54, 1.807) is 12.1 Å². The first kappa shape index (κ1) is 15.8. The van der Waals surface area contributed by atoms with Gasteiger partial charge in [-0.25, -0.2) is 4.98 Å². The number of nitrogens with one attached hydrogen (secondary N) is 1. The Balaban J connectivity index is 1.30. The quantitative estimate of drug-likeness (QED) is 0.683. The Bertz CT molecular complexity index is 1170. The standard InChI is InChI=1S/C22H26N6O2/c1-21(2)9-16(10-22(27-21)6-7-22)30-19-5-4-17(25-26-19)20-18(29)8-14(11-23-20)15-12-24-28(3)13-15/h4-5,8,11-13,16,27,29H,6-7,9-10H2,1-3H3/i3D3. The molecule has 4 heterocycles. The molecule has 1 aliphatic carbocycles. The Morgan fingerprint density at radius 3 is 2.73 bits per heavy atom. The van der Waals surface area contributed by atoms with Crippen LogP contribution < -0.4 is 10.1 Å². The van der Waals surface area contributed by atoms with E-state index in [2.05, 4.69) is 39.4 Å². The van der Waals surface area contributed by atoms with Crippen molar-refractivity contribution in [2.45, 2.75) is 56.7 Å².